The van der Waals surface area contributed by atoms with Crippen LogP contribution < -0.4 is 11.2 Å². The molecule has 0 radical (unpaired) electrons. The van der Waals surface area contributed by atoms with Gasteiger partial charge in [0.25, 0.3) is 0 Å². The number of ether oxygens (including phenoxy) is 1. The molecular formula is C18H22BN3O3. The molecule has 2 heterocycles. The summed E-state index contributed by atoms with van der Waals surface area (Å²) in [5, 5.41) is 0.977. The number of carbonyl (C=O) groups is 1. The first-order valence-corrected chi connectivity index (χ1v) is 8.41. The molecule has 25 heavy (non-hydrogen) atoms. The maximum atomic E-state index is 12.2. The van der Waals surface area contributed by atoms with Gasteiger partial charge in [-0.15, -0.1) is 0 Å². The van der Waals surface area contributed by atoms with Crippen LogP contribution in [0.2, 0.25) is 6.82 Å². The lowest BCUT2D eigenvalue weighted by atomic mass is 9.72. The lowest BCUT2D eigenvalue weighted by molar-refractivity contribution is 0.0595. The molecule has 0 fully saturated rings. The van der Waals surface area contributed by atoms with Crippen molar-refractivity contribution in [3.63, 3.8) is 0 Å². The first kappa shape index (κ1) is 17.3. The van der Waals surface area contributed by atoms with Gasteiger partial charge in [-0.25, -0.2) is 9.78 Å². The normalized spacial score (nSPS) is 12.6. The number of methoxy groups -OCH3 is 1. The number of nitrogens with one attached hydrogen (secondary N) is 1. The number of benzene rings is 1. The molecule has 0 aliphatic heterocycles. The molecule has 0 amide bonds. The van der Waals surface area contributed by atoms with Crippen LogP contribution in [-0.4, -0.2) is 30.3 Å². The van der Waals surface area contributed by atoms with Crippen molar-refractivity contribution in [1.29, 1.82) is 0 Å². The molecule has 7 heteroatoms. The van der Waals surface area contributed by atoms with Crippen LogP contribution in [0.5, 0.6) is 0 Å². The van der Waals surface area contributed by atoms with Crippen molar-refractivity contribution in [3.05, 3.63) is 36.0 Å². The summed E-state index contributed by atoms with van der Waals surface area (Å²) in [6, 6.07) is 5.66. The van der Waals surface area contributed by atoms with Gasteiger partial charge in [-0.3, -0.25) is 0 Å². The third kappa shape index (κ3) is 2.95. The van der Waals surface area contributed by atoms with Crippen LogP contribution in [0.3, 0.4) is 0 Å². The summed E-state index contributed by atoms with van der Waals surface area (Å²) in [6.07, 6.45) is 1.83. The first-order chi connectivity index (χ1) is 12.0. The summed E-state index contributed by atoms with van der Waals surface area (Å²) in [7, 11) is 2.23. The number of hydrogen-bond acceptors (Lipinski definition) is 5. The van der Waals surface area contributed by atoms with Gasteiger partial charge in [-0.05, 0) is 5.92 Å². The minimum atomic E-state index is -0.540. The van der Waals surface area contributed by atoms with Crippen molar-refractivity contribution in [2.45, 2.75) is 26.7 Å². The highest BCUT2D eigenvalue weighted by molar-refractivity contribution is 6.55. The average molecular weight is 339 g/mol. The van der Waals surface area contributed by atoms with E-state index < -0.39 is 12.0 Å². The predicted octanol–water partition coefficient (Wildman–Crippen LogP) is 2.38. The molecular weight excluding hydrogens is 317 g/mol. The van der Waals surface area contributed by atoms with Crippen molar-refractivity contribution < 1.29 is 13.9 Å². The average Bonchev–Trinajstić information content (AvgIpc) is 3.23. The monoisotopic (exact) mass is 339 g/mol. The van der Waals surface area contributed by atoms with E-state index in [0.29, 0.717) is 11.7 Å². The Bertz CT molecular complexity index is 914. The van der Waals surface area contributed by atoms with E-state index in [1.807, 2.05) is 32.2 Å². The molecule has 0 saturated carbocycles. The van der Waals surface area contributed by atoms with E-state index in [9.17, 15) is 4.79 Å². The van der Waals surface area contributed by atoms with Crippen molar-refractivity contribution in [3.8, 4) is 11.3 Å². The maximum absolute atomic E-state index is 12.2. The number of esters is 1. The van der Waals surface area contributed by atoms with Crippen LogP contribution in [0.25, 0.3) is 22.2 Å². The first-order valence-electron chi connectivity index (χ1n) is 8.41. The molecule has 1 aromatic carbocycles. The summed E-state index contributed by atoms with van der Waals surface area (Å²) in [5.74, 6) is 0.317. The van der Waals surface area contributed by atoms with Crippen molar-refractivity contribution in [2.75, 3.05) is 7.11 Å². The summed E-state index contributed by atoms with van der Waals surface area (Å²) in [4.78, 5) is 19.8. The minimum absolute atomic E-state index is 0.131. The molecule has 2 aromatic heterocycles. The number of fused-ring (bicyclic) bond motifs is 1. The summed E-state index contributed by atoms with van der Waals surface area (Å²) in [6.45, 7) is 6.06. The Hall–Kier alpha value is -2.54. The third-order valence-corrected chi connectivity index (χ3v) is 4.45. The SMILES string of the molecule is CBc1cccc2c(-c3oc([C@@H](N)C(C)C)nc3C(=O)OC)c[nH]c12. The number of carbonyl (C=O) groups excluding carboxylic acids is 1. The van der Waals surface area contributed by atoms with Gasteiger partial charge in [0.1, 0.15) is 0 Å². The second kappa shape index (κ2) is 6.76. The highest BCUT2D eigenvalue weighted by Crippen LogP contribution is 2.33. The fourth-order valence-electron chi connectivity index (χ4n) is 2.88. The van der Waals surface area contributed by atoms with Gasteiger partial charge < -0.3 is 19.9 Å². The fourth-order valence-corrected chi connectivity index (χ4v) is 2.88. The van der Waals surface area contributed by atoms with Gasteiger partial charge >= 0.3 is 5.97 Å². The molecule has 0 saturated heterocycles. The molecule has 1 atom stereocenters. The largest absolute Gasteiger partial charge is 0.464 e. The third-order valence-electron chi connectivity index (χ3n) is 4.45. The number of rotatable bonds is 5. The van der Waals surface area contributed by atoms with Crippen LogP contribution in [0.15, 0.2) is 28.8 Å². The summed E-state index contributed by atoms with van der Waals surface area (Å²) in [5.41, 5.74) is 9.31. The topological polar surface area (TPSA) is 94.1 Å². The van der Waals surface area contributed by atoms with E-state index in [-0.39, 0.29) is 11.6 Å². The van der Waals surface area contributed by atoms with Crippen LogP contribution >= 0.6 is 0 Å². The summed E-state index contributed by atoms with van der Waals surface area (Å²) >= 11 is 0. The molecule has 0 aliphatic rings. The Kier molecular flexibility index (Phi) is 4.68. The zero-order valence-electron chi connectivity index (χ0n) is 14.9. The van der Waals surface area contributed by atoms with Gasteiger partial charge in [0, 0.05) is 22.7 Å². The fraction of sp³-hybridized carbons (Fsp3) is 0.333. The van der Waals surface area contributed by atoms with E-state index in [1.165, 1.54) is 12.6 Å². The Balaban J connectivity index is 2.21. The van der Waals surface area contributed by atoms with E-state index in [1.54, 1.807) is 0 Å². The molecule has 130 valence electrons. The van der Waals surface area contributed by atoms with Crippen LogP contribution in [0.4, 0.5) is 0 Å². The lowest BCUT2D eigenvalue weighted by Crippen LogP contribution is -2.17. The number of aromatic amines is 1. The molecule has 0 unspecified atom stereocenters. The van der Waals surface area contributed by atoms with E-state index in [2.05, 4.69) is 22.9 Å². The second-order valence-electron chi connectivity index (χ2n) is 6.39. The number of nitrogens with two attached hydrogens (primary N) is 1. The van der Waals surface area contributed by atoms with Gasteiger partial charge in [-0.1, -0.05) is 44.3 Å². The number of para-hydroxylation sites is 1. The maximum Gasteiger partial charge on any atom is 0.360 e. The Labute approximate surface area is 147 Å². The van der Waals surface area contributed by atoms with Crippen LogP contribution in [0.1, 0.15) is 36.3 Å². The van der Waals surface area contributed by atoms with Gasteiger partial charge in [0.15, 0.2) is 18.7 Å². The van der Waals surface area contributed by atoms with Crippen molar-refractivity contribution in [2.24, 2.45) is 11.7 Å². The molecule has 0 bridgehead atoms. The standard InChI is InChI=1S/C18H22BN3O3/c1-9(2)13(20)17-22-15(18(23)24-4)16(25-17)11-8-21-14-10(11)6-5-7-12(14)19-3/h5-9,13,19,21H,20H2,1-4H3/t13-/m0/s1. The minimum Gasteiger partial charge on any atom is -0.464 e. The quantitative estimate of drug-likeness (QED) is 0.550. The smallest absolute Gasteiger partial charge is 0.360 e. The predicted molar refractivity (Wildman–Crippen MR) is 99.5 cm³/mol. The molecule has 3 rings (SSSR count). The molecule has 6 nitrogen and oxygen atoms in total. The highest BCUT2D eigenvalue weighted by atomic mass is 16.5. The van der Waals surface area contributed by atoms with Gasteiger partial charge in [0.05, 0.1) is 13.2 Å². The van der Waals surface area contributed by atoms with E-state index in [0.717, 1.165) is 23.7 Å². The number of oxazole rings is 1. The molecule has 0 spiro atoms. The Morgan fingerprint density at radius 3 is 2.80 bits per heavy atom. The number of aromatic nitrogens is 2. The van der Waals surface area contributed by atoms with Gasteiger partial charge in [0.2, 0.25) is 5.89 Å². The van der Waals surface area contributed by atoms with E-state index in [4.69, 9.17) is 14.9 Å². The zero-order chi connectivity index (χ0) is 18.1. The number of hydrogen-bond donors (Lipinski definition) is 2. The Morgan fingerprint density at radius 2 is 2.16 bits per heavy atom. The zero-order valence-corrected chi connectivity index (χ0v) is 14.9. The highest BCUT2D eigenvalue weighted by Gasteiger charge is 2.27. The van der Waals surface area contributed by atoms with E-state index >= 15 is 0 Å². The summed E-state index contributed by atoms with van der Waals surface area (Å²) < 4.78 is 10.8. The number of H-pyrrole nitrogens is 1. The van der Waals surface area contributed by atoms with Crippen molar-refractivity contribution in [1.82, 2.24) is 9.97 Å². The molecule has 3 aromatic rings. The molecule has 3 N–H and O–H groups in total. The number of nitrogens with zero attached hydrogens (tertiary/aromatic N) is 1. The van der Waals surface area contributed by atoms with Crippen LogP contribution in [0, 0.1) is 5.92 Å². The lowest BCUT2D eigenvalue weighted by Gasteiger charge is -2.10. The van der Waals surface area contributed by atoms with Crippen molar-refractivity contribution >= 4 is 29.6 Å². The van der Waals surface area contributed by atoms with Crippen LogP contribution in [-0.2, 0) is 4.74 Å². The van der Waals surface area contributed by atoms with Gasteiger partial charge in [-0.2, -0.15) is 0 Å². The second-order valence-corrected chi connectivity index (χ2v) is 6.39. The molecule has 0 aliphatic carbocycles. The Morgan fingerprint density at radius 1 is 1.40 bits per heavy atom.